The smallest absolute Gasteiger partial charge is 0.279 e. The highest BCUT2D eigenvalue weighted by Crippen LogP contribution is 2.28. The van der Waals surface area contributed by atoms with Crippen LogP contribution in [0.25, 0.3) is 22.4 Å². The average molecular weight is 405 g/mol. The Labute approximate surface area is 173 Å². The van der Waals surface area contributed by atoms with Gasteiger partial charge in [0.2, 0.25) is 0 Å². The molecule has 0 radical (unpaired) electrons. The van der Waals surface area contributed by atoms with Crippen molar-refractivity contribution in [1.29, 1.82) is 0 Å². The molecule has 30 heavy (non-hydrogen) atoms. The van der Waals surface area contributed by atoms with Crippen molar-refractivity contribution in [2.24, 2.45) is 0 Å². The maximum absolute atomic E-state index is 12.8. The number of fused-ring (bicyclic) bond motifs is 1. The van der Waals surface area contributed by atoms with E-state index in [1.165, 1.54) is 0 Å². The van der Waals surface area contributed by atoms with Crippen molar-refractivity contribution in [2.45, 2.75) is 19.9 Å². The van der Waals surface area contributed by atoms with Crippen LogP contribution in [0.1, 0.15) is 18.3 Å². The highest BCUT2D eigenvalue weighted by atomic mass is 16.5. The number of nitrogens with zero attached hydrogens (tertiary/aromatic N) is 4. The van der Waals surface area contributed by atoms with Crippen LogP contribution in [0.15, 0.2) is 53.5 Å². The van der Waals surface area contributed by atoms with Crippen molar-refractivity contribution in [3.63, 3.8) is 0 Å². The number of ether oxygens (including phenoxy) is 2. The van der Waals surface area contributed by atoms with E-state index in [-0.39, 0.29) is 5.56 Å². The second-order valence-electron chi connectivity index (χ2n) is 6.73. The first-order chi connectivity index (χ1) is 14.7. The van der Waals surface area contributed by atoms with E-state index in [0.717, 1.165) is 11.4 Å². The number of aromatic amines is 1. The van der Waals surface area contributed by atoms with Crippen molar-refractivity contribution < 1.29 is 9.47 Å². The standard InChI is InChI=1S/C22H23N5O3/c1-3-17-19-20(26-27(17)14-15-8-6-7-11-23-15)22(28)25-21(24-19)16-9-4-5-10-18(16)30-13-12-29-2/h4-11H,3,12-14H2,1-2H3,(H,24,25,28). The van der Waals surface area contributed by atoms with Gasteiger partial charge in [0.15, 0.2) is 5.52 Å². The van der Waals surface area contributed by atoms with Crippen molar-refractivity contribution in [3.05, 3.63) is 70.4 Å². The molecule has 0 saturated heterocycles. The molecule has 0 aliphatic rings. The van der Waals surface area contributed by atoms with E-state index in [0.29, 0.717) is 54.4 Å². The molecule has 3 heterocycles. The Morgan fingerprint density at radius 2 is 1.90 bits per heavy atom. The Morgan fingerprint density at radius 1 is 1.07 bits per heavy atom. The highest BCUT2D eigenvalue weighted by Gasteiger charge is 2.18. The Hall–Kier alpha value is -3.52. The fourth-order valence-electron chi connectivity index (χ4n) is 3.34. The molecular formula is C22H23N5O3. The lowest BCUT2D eigenvalue weighted by Crippen LogP contribution is -2.11. The Bertz CT molecular complexity index is 1200. The number of nitrogens with one attached hydrogen (secondary N) is 1. The van der Waals surface area contributed by atoms with Gasteiger partial charge in [0.05, 0.1) is 30.1 Å². The van der Waals surface area contributed by atoms with Gasteiger partial charge in [-0.1, -0.05) is 25.1 Å². The second kappa shape index (κ2) is 8.87. The van der Waals surface area contributed by atoms with E-state index in [1.807, 2.05) is 49.4 Å². The largest absolute Gasteiger partial charge is 0.490 e. The van der Waals surface area contributed by atoms with E-state index >= 15 is 0 Å². The molecule has 8 nitrogen and oxygen atoms in total. The first kappa shape index (κ1) is 19.8. The summed E-state index contributed by atoms with van der Waals surface area (Å²) in [6.07, 6.45) is 2.43. The summed E-state index contributed by atoms with van der Waals surface area (Å²) in [7, 11) is 1.62. The van der Waals surface area contributed by atoms with Crippen molar-refractivity contribution in [1.82, 2.24) is 24.7 Å². The molecular weight excluding hydrogens is 382 g/mol. The number of rotatable bonds is 8. The van der Waals surface area contributed by atoms with Crippen LogP contribution in [0, 0.1) is 0 Å². The molecule has 0 aliphatic carbocycles. The second-order valence-corrected chi connectivity index (χ2v) is 6.73. The van der Waals surface area contributed by atoms with Gasteiger partial charge in [-0.2, -0.15) is 5.10 Å². The minimum absolute atomic E-state index is 0.281. The van der Waals surface area contributed by atoms with Crippen LogP contribution in [0.2, 0.25) is 0 Å². The molecule has 3 aromatic heterocycles. The normalized spacial score (nSPS) is 11.1. The van der Waals surface area contributed by atoms with Gasteiger partial charge >= 0.3 is 0 Å². The Kier molecular flexibility index (Phi) is 5.85. The summed E-state index contributed by atoms with van der Waals surface area (Å²) >= 11 is 0. The van der Waals surface area contributed by atoms with E-state index in [2.05, 4.69) is 15.1 Å². The number of methoxy groups -OCH3 is 1. The number of hydrogen-bond donors (Lipinski definition) is 1. The maximum atomic E-state index is 12.8. The zero-order valence-corrected chi connectivity index (χ0v) is 17.0. The molecule has 0 fully saturated rings. The third-order valence-corrected chi connectivity index (χ3v) is 4.76. The average Bonchev–Trinajstić information content (AvgIpc) is 3.12. The first-order valence-electron chi connectivity index (χ1n) is 9.82. The monoisotopic (exact) mass is 405 g/mol. The fraction of sp³-hybridized carbons (Fsp3) is 0.273. The summed E-state index contributed by atoms with van der Waals surface area (Å²) in [4.78, 5) is 24.8. The van der Waals surface area contributed by atoms with Gasteiger partial charge < -0.3 is 14.5 Å². The van der Waals surface area contributed by atoms with Crippen molar-refractivity contribution >= 4 is 11.0 Å². The Morgan fingerprint density at radius 3 is 2.67 bits per heavy atom. The Balaban J connectivity index is 1.78. The lowest BCUT2D eigenvalue weighted by Gasteiger charge is -2.10. The molecule has 0 unspecified atom stereocenters. The first-order valence-corrected chi connectivity index (χ1v) is 9.82. The molecule has 0 saturated carbocycles. The minimum atomic E-state index is -0.281. The van der Waals surface area contributed by atoms with Crippen molar-refractivity contribution in [2.75, 3.05) is 20.3 Å². The predicted molar refractivity (Wildman–Crippen MR) is 114 cm³/mol. The lowest BCUT2D eigenvalue weighted by atomic mass is 10.2. The zero-order valence-electron chi connectivity index (χ0n) is 17.0. The van der Waals surface area contributed by atoms with Crippen molar-refractivity contribution in [3.8, 4) is 17.1 Å². The molecule has 1 N–H and O–H groups in total. The SMILES string of the molecule is CCc1c2nc(-c3ccccc3OCCOC)[nH]c(=O)c2nn1Cc1ccccn1. The van der Waals surface area contributed by atoms with Gasteiger partial charge in [0.25, 0.3) is 5.56 Å². The summed E-state index contributed by atoms with van der Waals surface area (Å²) in [5.41, 5.74) is 3.11. The molecule has 0 spiro atoms. The number of benzene rings is 1. The molecule has 0 atom stereocenters. The maximum Gasteiger partial charge on any atom is 0.279 e. The van der Waals surface area contributed by atoms with Gasteiger partial charge in [0, 0.05) is 13.3 Å². The van der Waals surface area contributed by atoms with Crippen LogP contribution in [-0.4, -0.2) is 45.1 Å². The van der Waals surface area contributed by atoms with Crippen LogP contribution < -0.4 is 10.3 Å². The topological polar surface area (TPSA) is 94.9 Å². The number of pyridine rings is 1. The van der Waals surface area contributed by atoms with Crippen LogP contribution in [0.4, 0.5) is 0 Å². The van der Waals surface area contributed by atoms with Crippen LogP contribution in [0.3, 0.4) is 0 Å². The van der Waals surface area contributed by atoms with Gasteiger partial charge in [-0.05, 0) is 30.7 Å². The molecule has 0 bridgehead atoms. The minimum Gasteiger partial charge on any atom is -0.490 e. The van der Waals surface area contributed by atoms with E-state index < -0.39 is 0 Å². The fourth-order valence-corrected chi connectivity index (χ4v) is 3.34. The number of aromatic nitrogens is 5. The summed E-state index contributed by atoms with van der Waals surface area (Å²) in [6.45, 7) is 3.38. The quantitative estimate of drug-likeness (QED) is 0.453. The number of H-pyrrole nitrogens is 1. The molecule has 8 heteroatoms. The van der Waals surface area contributed by atoms with Gasteiger partial charge in [-0.3, -0.25) is 14.5 Å². The molecule has 154 valence electrons. The summed E-state index contributed by atoms with van der Waals surface area (Å²) in [5.74, 6) is 1.09. The number of hydrogen-bond acceptors (Lipinski definition) is 6. The van der Waals surface area contributed by atoms with E-state index in [9.17, 15) is 4.79 Å². The number of para-hydroxylation sites is 1. The summed E-state index contributed by atoms with van der Waals surface area (Å²) < 4.78 is 12.7. The predicted octanol–water partition coefficient (Wildman–Crippen LogP) is 2.82. The molecule has 1 aromatic carbocycles. The molecule has 4 aromatic rings. The molecule has 4 rings (SSSR count). The van der Waals surface area contributed by atoms with Gasteiger partial charge in [0.1, 0.15) is 23.7 Å². The third kappa shape index (κ3) is 3.95. The molecule has 0 aliphatic heterocycles. The third-order valence-electron chi connectivity index (χ3n) is 4.76. The van der Waals surface area contributed by atoms with E-state index in [4.69, 9.17) is 14.5 Å². The van der Waals surface area contributed by atoms with Gasteiger partial charge in [-0.15, -0.1) is 0 Å². The highest BCUT2D eigenvalue weighted by molar-refractivity contribution is 5.79. The lowest BCUT2D eigenvalue weighted by molar-refractivity contribution is 0.146. The van der Waals surface area contributed by atoms with Crippen LogP contribution >= 0.6 is 0 Å². The zero-order chi connectivity index (χ0) is 20.9. The molecule has 0 amide bonds. The van der Waals surface area contributed by atoms with Crippen LogP contribution in [-0.2, 0) is 17.7 Å². The van der Waals surface area contributed by atoms with E-state index in [1.54, 1.807) is 18.0 Å². The number of aryl methyl sites for hydroxylation is 1. The summed E-state index contributed by atoms with van der Waals surface area (Å²) in [5, 5.41) is 4.52. The van der Waals surface area contributed by atoms with Crippen LogP contribution in [0.5, 0.6) is 5.75 Å². The summed E-state index contributed by atoms with van der Waals surface area (Å²) in [6, 6.07) is 13.2. The van der Waals surface area contributed by atoms with Gasteiger partial charge in [-0.25, -0.2) is 4.98 Å².